The van der Waals surface area contributed by atoms with Gasteiger partial charge in [0, 0.05) is 38.3 Å². The summed E-state index contributed by atoms with van der Waals surface area (Å²) in [6.45, 7) is 12.1. The number of urea groups is 1. The van der Waals surface area contributed by atoms with Crippen LogP contribution < -0.4 is 10.2 Å². The van der Waals surface area contributed by atoms with Crippen molar-refractivity contribution in [2.45, 2.75) is 39.8 Å². The van der Waals surface area contributed by atoms with E-state index in [-0.39, 0.29) is 11.6 Å². The fourth-order valence-electron chi connectivity index (χ4n) is 3.13. The van der Waals surface area contributed by atoms with E-state index < -0.39 is 0 Å². The fourth-order valence-corrected chi connectivity index (χ4v) is 3.13. The van der Waals surface area contributed by atoms with Crippen LogP contribution in [0.15, 0.2) is 24.3 Å². The zero-order valence-electron chi connectivity index (χ0n) is 15.0. The summed E-state index contributed by atoms with van der Waals surface area (Å²) < 4.78 is 2.25. The molecule has 1 aromatic heterocycles. The van der Waals surface area contributed by atoms with Crippen LogP contribution in [-0.4, -0.2) is 52.2 Å². The second-order valence-corrected chi connectivity index (χ2v) is 7.30. The van der Waals surface area contributed by atoms with Gasteiger partial charge in [-0.3, -0.25) is 0 Å². The number of imidazole rings is 1. The first-order valence-corrected chi connectivity index (χ1v) is 8.66. The minimum Gasteiger partial charge on any atom is -0.339 e. The van der Waals surface area contributed by atoms with Crippen LogP contribution in [0.2, 0.25) is 0 Å². The van der Waals surface area contributed by atoms with Crippen molar-refractivity contribution in [3.8, 4) is 0 Å². The molecule has 130 valence electrons. The molecular formula is C18H27N5O. The number of carbonyl (C=O) groups is 1. The summed E-state index contributed by atoms with van der Waals surface area (Å²) in [5.41, 5.74) is 2.00. The van der Waals surface area contributed by atoms with Crippen molar-refractivity contribution in [2.75, 3.05) is 31.1 Å². The second kappa shape index (κ2) is 6.34. The van der Waals surface area contributed by atoms with E-state index in [0.717, 1.165) is 44.2 Å². The van der Waals surface area contributed by atoms with Crippen LogP contribution in [0.25, 0.3) is 11.0 Å². The number of benzene rings is 1. The Morgan fingerprint density at radius 2 is 1.83 bits per heavy atom. The predicted octanol–water partition coefficient (Wildman–Crippen LogP) is 2.69. The number of hydrogen-bond donors (Lipinski definition) is 1. The van der Waals surface area contributed by atoms with Crippen molar-refractivity contribution in [1.29, 1.82) is 0 Å². The number of piperazine rings is 1. The largest absolute Gasteiger partial charge is 0.339 e. The van der Waals surface area contributed by atoms with Crippen molar-refractivity contribution >= 4 is 23.0 Å². The summed E-state index contributed by atoms with van der Waals surface area (Å²) in [5.74, 6) is 1.01. The summed E-state index contributed by atoms with van der Waals surface area (Å²) in [4.78, 5) is 21.3. The summed E-state index contributed by atoms with van der Waals surface area (Å²) in [6.07, 6.45) is 0. The third kappa shape index (κ3) is 3.32. The van der Waals surface area contributed by atoms with E-state index >= 15 is 0 Å². The van der Waals surface area contributed by atoms with Gasteiger partial charge >= 0.3 is 6.03 Å². The Bertz CT molecular complexity index is 723. The Hall–Kier alpha value is -2.24. The lowest BCUT2D eigenvalue weighted by Crippen LogP contribution is -2.55. The van der Waals surface area contributed by atoms with Gasteiger partial charge in [-0.05, 0) is 39.8 Å². The first-order valence-electron chi connectivity index (χ1n) is 8.66. The fraction of sp³-hybridized carbons (Fsp3) is 0.556. The van der Waals surface area contributed by atoms with Crippen molar-refractivity contribution in [2.24, 2.45) is 0 Å². The summed E-state index contributed by atoms with van der Waals surface area (Å²) in [6, 6.07) is 8.26. The highest BCUT2D eigenvalue weighted by Gasteiger charge is 2.26. The number of aryl methyl sites for hydroxylation is 1. The highest BCUT2D eigenvalue weighted by atomic mass is 16.2. The molecule has 0 radical (unpaired) electrons. The van der Waals surface area contributed by atoms with Crippen LogP contribution in [0.1, 0.15) is 27.7 Å². The van der Waals surface area contributed by atoms with Crippen LogP contribution in [-0.2, 0) is 6.54 Å². The number of carbonyl (C=O) groups excluding carboxylic acids is 1. The SMILES string of the molecule is CCn1c(N2CCN(C(=O)NC(C)(C)C)CC2)nc2ccccc21. The average molecular weight is 329 g/mol. The molecule has 24 heavy (non-hydrogen) atoms. The molecule has 1 fully saturated rings. The van der Waals surface area contributed by atoms with Gasteiger partial charge in [-0.2, -0.15) is 0 Å². The summed E-state index contributed by atoms with van der Waals surface area (Å²) in [7, 11) is 0. The van der Waals surface area contributed by atoms with E-state index in [1.54, 1.807) is 0 Å². The highest BCUT2D eigenvalue weighted by molar-refractivity contribution is 5.79. The van der Waals surface area contributed by atoms with Crippen LogP contribution in [0.5, 0.6) is 0 Å². The topological polar surface area (TPSA) is 53.4 Å². The molecule has 0 atom stereocenters. The Labute approximate surface area is 143 Å². The minimum atomic E-state index is -0.204. The summed E-state index contributed by atoms with van der Waals surface area (Å²) >= 11 is 0. The van der Waals surface area contributed by atoms with Crippen molar-refractivity contribution < 1.29 is 4.79 Å². The molecule has 1 saturated heterocycles. The Morgan fingerprint density at radius 1 is 1.17 bits per heavy atom. The predicted molar refractivity (Wildman–Crippen MR) is 97.5 cm³/mol. The first kappa shape index (κ1) is 16.6. The Morgan fingerprint density at radius 3 is 2.46 bits per heavy atom. The average Bonchev–Trinajstić information content (AvgIpc) is 2.92. The molecule has 1 aromatic carbocycles. The molecule has 0 bridgehead atoms. The molecule has 1 aliphatic rings. The standard InChI is InChI=1S/C18H27N5O/c1-5-23-15-9-7-6-8-14(15)19-16(23)21-10-12-22(13-11-21)17(24)20-18(2,3)4/h6-9H,5,10-13H2,1-4H3,(H,20,24). The quantitative estimate of drug-likeness (QED) is 0.922. The molecule has 2 amide bonds. The molecule has 6 heteroatoms. The molecule has 1 N–H and O–H groups in total. The van der Waals surface area contributed by atoms with Gasteiger partial charge in [0.2, 0.25) is 5.95 Å². The molecule has 2 aromatic rings. The van der Waals surface area contributed by atoms with Crippen LogP contribution >= 0.6 is 0 Å². The van der Waals surface area contributed by atoms with Gasteiger partial charge in [0.05, 0.1) is 11.0 Å². The number of hydrogen-bond acceptors (Lipinski definition) is 3. The van der Waals surface area contributed by atoms with Crippen LogP contribution in [0, 0.1) is 0 Å². The second-order valence-electron chi connectivity index (χ2n) is 7.30. The van der Waals surface area contributed by atoms with Crippen LogP contribution in [0.3, 0.4) is 0 Å². The van der Waals surface area contributed by atoms with E-state index in [2.05, 4.69) is 39.9 Å². The molecule has 0 saturated carbocycles. The maximum absolute atomic E-state index is 12.3. The number of fused-ring (bicyclic) bond motifs is 1. The minimum absolute atomic E-state index is 0.0196. The zero-order chi connectivity index (χ0) is 17.3. The number of nitrogens with one attached hydrogen (secondary N) is 1. The van der Waals surface area contributed by atoms with E-state index in [1.807, 2.05) is 31.7 Å². The molecule has 1 aliphatic heterocycles. The van der Waals surface area contributed by atoms with Gasteiger partial charge < -0.3 is 19.7 Å². The lowest BCUT2D eigenvalue weighted by molar-refractivity contribution is 0.185. The number of para-hydroxylation sites is 2. The van der Waals surface area contributed by atoms with Crippen LogP contribution in [0.4, 0.5) is 10.7 Å². The third-order valence-electron chi connectivity index (χ3n) is 4.28. The van der Waals surface area contributed by atoms with Gasteiger partial charge in [0.25, 0.3) is 0 Å². The van der Waals surface area contributed by atoms with Crippen molar-refractivity contribution in [3.05, 3.63) is 24.3 Å². The maximum atomic E-state index is 12.3. The van der Waals surface area contributed by atoms with Gasteiger partial charge in [-0.1, -0.05) is 12.1 Å². The lowest BCUT2D eigenvalue weighted by Gasteiger charge is -2.36. The van der Waals surface area contributed by atoms with Gasteiger partial charge in [0.1, 0.15) is 0 Å². The number of anilines is 1. The number of amides is 2. The van der Waals surface area contributed by atoms with Crippen molar-refractivity contribution in [1.82, 2.24) is 19.8 Å². The molecule has 6 nitrogen and oxygen atoms in total. The number of aromatic nitrogens is 2. The summed E-state index contributed by atoms with van der Waals surface area (Å²) in [5, 5.41) is 3.04. The normalized spacial score (nSPS) is 15.8. The Balaban J connectivity index is 1.72. The van der Waals surface area contributed by atoms with E-state index in [9.17, 15) is 4.79 Å². The first-order chi connectivity index (χ1) is 11.4. The van der Waals surface area contributed by atoms with Gasteiger partial charge in [-0.15, -0.1) is 0 Å². The monoisotopic (exact) mass is 329 g/mol. The third-order valence-corrected chi connectivity index (χ3v) is 4.28. The number of rotatable bonds is 2. The smallest absolute Gasteiger partial charge is 0.317 e. The molecule has 2 heterocycles. The molecule has 0 spiro atoms. The lowest BCUT2D eigenvalue weighted by atomic mass is 10.1. The van der Waals surface area contributed by atoms with E-state index in [1.165, 1.54) is 5.52 Å². The molecule has 0 aliphatic carbocycles. The highest BCUT2D eigenvalue weighted by Crippen LogP contribution is 2.23. The zero-order valence-corrected chi connectivity index (χ0v) is 15.0. The van der Waals surface area contributed by atoms with E-state index in [4.69, 9.17) is 4.98 Å². The number of nitrogens with zero attached hydrogens (tertiary/aromatic N) is 4. The maximum Gasteiger partial charge on any atom is 0.317 e. The Kier molecular flexibility index (Phi) is 4.39. The van der Waals surface area contributed by atoms with E-state index in [0.29, 0.717) is 0 Å². The molecule has 3 rings (SSSR count). The van der Waals surface area contributed by atoms with Gasteiger partial charge in [-0.25, -0.2) is 9.78 Å². The molecule has 0 unspecified atom stereocenters. The molecular weight excluding hydrogens is 302 g/mol. The van der Waals surface area contributed by atoms with Gasteiger partial charge in [0.15, 0.2) is 0 Å². The van der Waals surface area contributed by atoms with Crippen molar-refractivity contribution in [3.63, 3.8) is 0 Å².